The number of hydrogen-bond acceptors (Lipinski definition) is 7. The number of anilines is 3. The first-order valence-corrected chi connectivity index (χ1v) is 9.65. The van der Waals surface area contributed by atoms with Gasteiger partial charge in [0, 0.05) is 38.1 Å². The molecule has 0 saturated heterocycles. The highest BCUT2D eigenvalue weighted by Crippen LogP contribution is 2.34. The van der Waals surface area contributed by atoms with Crippen molar-refractivity contribution in [2.45, 2.75) is 44.9 Å². The molecule has 0 bridgehead atoms. The molecule has 160 valence electrons. The zero-order valence-corrected chi connectivity index (χ0v) is 17.1. The van der Waals surface area contributed by atoms with Crippen molar-refractivity contribution in [1.82, 2.24) is 9.97 Å². The van der Waals surface area contributed by atoms with Crippen LogP contribution in [0.2, 0.25) is 0 Å². The summed E-state index contributed by atoms with van der Waals surface area (Å²) in [6, 6.07) is 1.97. The molecule has 30 heavy (non-hydrogen) atoms. The van der Waals surface area contributed by atoms with Crippen molar-refractivity contribution in [3.05, 3.63) is 29.5 Å². The monoisotopic (exact) mass is 419 g/mol. The van der Waals surface area contributed by atoms with E-state index in [4.69, 9.17) is 4.74 Å². The zero-order chi connectivity index (χ0) is 21.6. The van der Waals surface area contributed by atoms with Gasteiger partial charge in [-0.3, -0.25) is 4.79 Å². The molecule has 1 amide bonds. The largest absolute Gasteiger partial charge is 0.491 e. The molecule has 2 heterocycles. The van der Waals surface area contributed by atoms with Crippen LogP contribution >= 0.6 is 0 Å². The van der Waals surface area contributed by atoms with Crippen molar-refractivity contribution < 1.29 is 23.0 Å². The number of rotatable bonds is 5. The van der Waals surface area contributed by atoms with E-state index in [0.717, 1.165) is 12.1 Å². The number of benzene rings is 1. The molecule has 2 aliphatic rings. The van der Waals surface area contributed by atoms with Gasteiger partial charge in [0.2, 0.25) is 11.9 Å². The fraction of sp³-hybridized carbons (Fsp3) is 0.450. The van der Waals surface area contributed by atoms with Gasteiger partial charge >= 0.3 is 0 Å². The minimum absolute atomic E-state index is 0.0707. The van der Waals surface area contributed by atoms with E-state index in [2.05, 4.69) is 25.3 Å². The average Bonchev–Trinajstić information content (AvgIpc) is 2.65. The van der Waals surface area contributed by atoms with Crippen LogP contribution in [0, 0.1) is 18.6 Å². The van der Waals surface area contributed by atoms with Gasteiger partial charge in [0.25, 0.3) is 0 Å². The number of carbonyl (C=O) groups excluding carboxylic acids is 1. The SMILES string of the molecule is COc1c(F)cc(O[C@H]2C[C@@H](Nc3nc(C)c4c(n3)N(C)[C@@H](C)C(=O)N4)C2)cc1F. The summed E-state index contributed by atoms with van der Waals surface area (Å²) in [5.74, 6) is -0.871. The Morgan fingerprint density at radius 3 is 2.53 bits per heavy atom. The van der Waals surface area contributed by atoms with E-state index in [0.29, 0.717) is 36.0 Å². The average molecular weight is 419 g/mol. The number of hydrogen-bond donors (Lipinski definition) is 2. The summed E-state index contributed by atoms with van der Waals surface area (Å²) in [7, 11) is 3.03. The highest BCUT2D eigenvalue weighted by Gasteiger charge is 2.34. The molecule has 0 unspecified atom stereocenters. The van der Waals surface area contributed by atoms with E-state index in [1.54, 1.807) is 0 Å². The number of nitrogens with zero attached hydrogens (tertiary/aromatic N) is 3. The van der Waals surface area contributed by atoms with E-state index < -0.39 is 17.4 Å². The second-order valence-corrected chi connectivity index (χ2v) is 7.58. The normalized spacial score (nSPS) is 22.7. The Hall–Kier alpha value is -3.17. The Kier molecular flexibility index (Phi) is 5.08. The Morgan fingerprint density at radius 1 is 1.23 bits per heavy atom. The fourth-order valence-electron chi connectivity index (χ4n) is 3.57. The predicted octanol–water partition coefficient (Wildman–Crippen LogP) is 2.87. The first-order valence-electron chi connectivity index (χ1n) is 9.65. The van der Waals surface area contributed by atoms with E-state index >= 15 is 0 Å². The Bertz CT molecular complexity index is 974. The van der Waals surface area contributed by atoms with Crippen LogP contribution in [0.3, 0.4) is 0 Å². The van der Waals surface area contributed by atoms with E-state index in [1.165, 1.54) is 7.11 Å². The highest BCUT2D eigenvalue weighted by atomic mass is 19.1. The minimum Gasteiger partial charge on any atom is -0.491 e. The number of methoxy groups -OCH3 is 1. The number of aryl methyl sites for hydroxylation is 1. The molecule has 4 rings (SSSR count). The Balaban J connectivity index is 1.39. The van der Waals surface area contributed by atoms with Gasteiger partial charge < -0.3 is 25.0 Å². The van der Waals surface area contributed by atoms with E-state index in [-0.39, 0.29) is 29.8 Å². The molecule has 1 atom stereocenters. The van der Waals surface area contributed by atoms with Gasteiger partial charge in [-0.15, -0.1) is 0 Å². The van der Waals surface area contributed by atoms with Crippen molar-refractivity contribution in [2.75, 3.05) is 29.7 Å². The molecule has 8 nitrogen and oxygen atoms in total. The number of nitrogens with one attached hydrogen (secondary N) is 2. The molecule has 1 saturated carbocycles. The van der Waals surface area contributed by atoms with Crippen LogP contribution in [0.15, 0.2) is 12.1 Å². The quantitative estimate of drug-likeness (QED) is 0.770. The van der Waals surface area contributed by atoms with Crippen molar-refractivity contribution in [3.8, 4) is 11.5 Å². The lowest BCUT2D eigenvalue weighted by atomic mass is 9.89. The van der Waals surface area contributed by atoms with Crippen LogP contribution in [-0.4, -0.2) is 48.2 Å². The summed E-state index contributed by atoms with van der Waals surface area (Å²) in [6.07, 6.45) is 1.10. The maximum absolute atomic E-state index is 13.8. The van der Waals surface area contributed by atoms with Crippen LogP contribution in [0.4, 0.5) is 26.2 Å². The van der Waals surface area contributed by atoms with Gasteiger partial charge in [-0.05, 0) is 13.8 Å². The van der Waals surface area contributed by atoms with Crippen LogP contribution in [-0.2, 0) is 4.79 Å². The smallest absolute Gasteiger partial charge is 0.246 e. The van der Waals surface area contributed by atoms with Crippen LogP contribution < -0.4 is 25.0 Å². The van der Waals surface area contributed by atoms with Crippen LogP contribution in [0.1, 0.15) is 25.5 Å². The first-order chi connectivity index (χ1) is 14.3. The van der Waals surface area contributed by atoms with Gasteiger partial charge in [0.1, 0.15) is 23.6 Å². The summed E-state index contributed by atoms with van der Waals surface area (Å²) in [5.41, 5.74) is 1.29. The lowest BCUT2D eigenvalue weighted by Crippen LogP contribution is -2.45. The maximum atomic E-state index is 13.8. The summed E-state index contributed by atoms with van der Waals surface area (Å²) < 4.78 is 37.9. The molecule has 1 aliphatic heterocycles. The van der Waals surface area contributed by atoms with Gasteiger partial charge in [0.05, 0.1) is 12.8 Å². The van der Waals surface area contributed by atoms with Crippen LogP contribution in [0.5, 0.6) is 11.5 Å². The second kappa shape index (κ2) is 7.58. The third kappa shape index (κ3) is 3.57. The number of aromatic nitrogens is 2. The lowest BCUT2D eigenvalue weighted by molar-refractivity contribution is -0.117. The molecular formula is C20H23F2N5O3. The molecule has 1 fully saturated rings. The number of likely N-dealkylation sites (N-methyl/N-ethyl adjacent to an activating group) is 1. The molecule has 2 aromatic rings. The molecule has 0 radical (unpaired) electrons. The number of amides is 1. The first kappa shape index (κ1) is 20.1. The molecule has 2 N–H and O–H groups in total. The summed E-state index contributed by atoms with van der Waals surface area (Å²) in [5, 5.41) is 6.11. The Morgan fingerprint density at radius 2 is 1.90 bits per heavy atom. The summed E-state index contributed by atoms with van der Waals surface area (Å²) in [4.78, 5) is 22.8. The lowest BCUT2D eigenvalue weighted by Gasteiger charge is -2.37. The standard InChI is InChI=1S/C20H23F2N5O3/c1-9-16-18(27(3)10(2)19(28)25-16)26-20(23-9)24-11-5-12(6-11)30-13-7-14(21)17(29-4)15(22)8-13/h7-8,10-12H,5-6H2,1-4H3,(H,25,28)(H,23,24,26)/t10-,11-,12+/m0/s1. The molecule has 1 aromatic heterocycles. The molecule has 1 aliphatic carbocycles. The van der Waals surface area contributed by atoms with Crippen molar-refractivity contribution >= 4 is 23.4 Å². The molecular weight excluding hydrogens is 396 g/mol. The van der Waals surface area contributed by atoms with Gasteiger partial charge in [-0.2, -0.15) is 4.98 Å². The number of halogens is 2. The molecule has 0 spiro atoms. The number of fused-ring (bicyclic) bond motifs is 1. The van der Waals surface area contributed by atoms with E-state index in [9.17, 15) is 13.6 Å². The number of carbonyl (C=O) groups is 1. The van der Waals surface area contributed by atoms with Crippen molar-refractivity contribution in [3.63, 3.8) is 0 Å². The van der Waals surface area contributed by atoms with Gasteiger partial charge in [-0.1, -0.05) is 0 Å². The van der Waals surface area contributed by atoms with Crippen LogP contribution in [0.25, 0.3) is 0 Å². The fourth-order valence-corrected chi connectivity index (χ4v) is 3.57. The summed E-state index contributed by atoms with van der Waals surface area (Å²) in [6.45, 7) is 3.62. The van der Waals surface area contributed by atoms with E-state index in [1.807, 2.05) is 25.8 Å². The third-order valence-electron chi connectivity index (χ3n) is 5.52. The second-order valence-electron chi connectivity index (χ2n) is 7.58. The van der Waals surface area contributed by atoms with Crippen molar-refractivity contribution in [2.24, 2.45) is 0 Å². The zero-order valence-electron chi connectivity index (χ0n) is 17.1. The van der Waals surface area contributed by atoms with Crippen molar-refractivity contribution in [1.29, 1.82) is 0 Å². The topological polar surface area (TPSA) is 88.6 Å². The summed E-state index contributed by atoms with van der Waals surface area (Å²) >= 11 is 0. The molecule has 1 aromatic carbocycles. The van der Waals surface area contributed by atoms with Gasteiger partial charge in [-0.25, -0.2) is 13.8 Å². The maximum Gasteiger partial charge on any atom is 0.246 e. The number of ether oxygens (including phenoxy) is 2. The third-order valence-corrected chi connectivity index (χ3v) is 5.52. The molecule has 10 heteroatoms. The van der Waals surface area contributed by atoms with Gasteiger partial charge in [0.15, 0.2) is 23.2 Å². The predicted molar refractivity (Wildman–Crippen MR) is 107 cm³/mol. The highest BCUT2D eigenvalue weighted by molar-refractivity contribution is 6.03. The Labute approximate surface area is 172 Å². The minimum atomic E-state index is -0.801.